The predicted octanol–water partition coefficient (Wildman–Crippen LogP) is -0.136. The third kappa shape index (κ3) is 1.69. The Kier molecular flexibility index (Phi) is 2.57. The maximum Gasteiger partial charge on any atom is 0.491 e. The molecule has 0 radical (unpaired) electrons. The molecule has 0 fully saturated rings. The molecular formula is C6H5BClFO3. The Morgan fingerprint density at radius 2 is 1.92 bits per heavy atom. The lowest BCUT2D eigenvalue weighted by molar-refractivity contribution is 0.413. The second-order valence-electron chi connectivity index (χ2n) is 2.20. The van der Waals surface area contributed by atoms with Gasteiger partial charge in [-0.05, 0) is 6.07 Å². The van der Waals surface area contributed by atoms with Crippen LogP contribution in [-0.4, -0.2) is 22.3 Å². The van der Waals surface area contributed by atoms with E-state index in [0.717, 1.165) is 12.1 Å². The van der Waals surface area contributed by atoms with E-state index >= 15 is 0 Å². The van der Waals surface area contributed by atoms with E-state index in [1.807, 2.05) is 0 Å². The number of rotatable bonds is 1. The van der Waals surface area contributed by atoms with Crippen molar-refractivity contribution < 1.29 is 19.5 Å². The highest BCUT2D eigenvalue weighted by Crippen LogP contribution is 2.18. The van der Waals surface area contributed by atoms with E-state index in [-0.39, 0.29) is 5.02 Å². The Bertz CT molecular complexity index is 305. The van der Waals surface area contributed by atoms with Gasteiger partial charge in [-0.25, -0.2) is 4.39 Å². The molecule has 0 atom stereocenters. The highest BCUT2D eigenvalue weighted by Gasteiger charge is 2.19. The molecule has 0 aliphatic carbocycles. The first-order valence-electron chi connectivity index (χ1n) is 3.06. The standard InChI is InChI=1S/C6H5BClFO3/c8-3-1-4(7(11)12)6(9)5(10)2-3/h1-2,10-12H. The summed E-state index contributed by atoms with van der Waals surface area (Å²) in [6, 6.07) is 2.00. The molecule has 0 saturated carbocycles. The summed E-state index contributed by atoms with van der Waals surface area (Å²) in [6.07, 6.45) is 0. The lowest BCUT2D eigenvalue weighted by Gasteiger charge is -2.03. The second kappa shape index (κ2) is 3.31. The summed E-state index contributed by atoms with van der Waals surface area (Å²) in [4.78, 5) is 0. The number of phenols is 1. The molecule has 0 heterocycles. The Labute approximate surface area is 73.2 Å². The van der Waals surface area contributed by atoms with Crippen molar-refractivity contribution >= 4 is 24.2 Å². The van der Waals surface area contributed by atoms with Crippen LogP contribution in [0.1, 0.15) is 0 Å². The molecular weight excluding hydrogens is 185 g/mol. The van der Waals surface area contributed by atoms with Gasteiger partial charge in [0.2, 0.25) is 0 Å². The van der Waals surface area contributed by atoms with Crippen LogP contribution in [0.4, 0.5) is 4.39 Å². The van der Waals surface area contributed by atoms with E-state index in [1.54, 1.807) is 0 Å². The lowest BCUT2D eigenvalue weighted by Crippen LogP contribution is -2.32. The van der Waals surface area contributed by atoms with E-state index < -0.39 is 24.1 Å². The lowest BCUT2D eigenvalue weighted by atomic mass is 9.80. The van der Waals surface area contributed by atoms with Crippen molar-refractivity contribution in [2.24, 2.45) is 0 Å². The fourth-order valence-electron chi connectivity index (χ4n) is 0.783. The van der Waals surface area contributed by atoms with Crippen molar-refractivity contribution in [3.05, 3.63) is 23.0 Å². The van der Waals surface area contributed by atoms with Crippen LogP contribution in [0, 0.1) is 5.82 Å². The number of phenolic OH excluding ortho intramolecular Hbond substituents is 1. The van der Waals surface area contributed by atoms with Gasteiger partial charge in [-0.2, -0.15) is 0 Å². The van der Waals surface area contributed by atoms with Crippen LogP contribution in [-0.2, 0) is 0 Å². The summed E-state index contributed by atoms with van der Waals surface area (Å²) in [5.41, 5.74) is -0.444. The normalized spacial score (nSPS) is 10.0. The smallest absolute Gasteiger partial charge is 0.491 e. The summed E-state index contributed by atoms with van der Waals surface area (Å²) in [5, 5.41) is 26.1. The molecule has 1 rings (SSSR count). The number of hydrogen-bond donors (Lipinski definition) is 3. The van der Waals surface area contributed by atoms with E-state index in [1.165, 1.54) is 0 Å². The zero-order valence-electron chi connectivity index (χ0n) is 5.83. The SMILES string of the molecule is OB(O)c1cc(Cl)cc(O)c1F. The van der Waals surface area contributed by atoms with Crippen LogP contribution in [0.5, 0.6) is 5.75 Å². The number of halogens is 2. The summed E-state index contributed by atoms with van der Waals surface area (Å²) in [5.74, 6) is -1.78. The van der Waals surface area contributed by atoms with E-state index in [9.17, 15) is 4.39 Å². The van der Waals surface area contributed by atoms with Gasteiger partial charge in [-0.3, -0.25) is 0 Å². The van der Waals surface area contributed by atoms with Gasteiger partial charge in [0, 0.05) is 16.6 Å². The molecule has 6 heteroatoms. The molecule has 64 valence electrons. The van der Waals surface area contributed by atoms with Crippen molar-refractivity contribution in [3.8, 4) is 5.75 Å². The van der Waals surface area contributed by atoms with Gasteiger partial charge < -0.3 is 15.2 Å². The molecule has 1 aromatic rings. The topological polar surface area (TPSA) is 60.7 Å². The minimum atomic E-state index is -1.98. The van der Waals surface area contributed by atoms with Crippen molar-refractivity contribution in [2.45, 2.75) is 0 Å². The maximum atomic E-state index is 12.8. The number of benzene rings is 1. The summed E-state index contributed by atoms with van der Waals surface area (Å²) in [7, 11) is -1.98. The van der Waals surface area contributed by atoms with Gasteiger partial charge in [-0.15, -0.1) is 0 Å². The van der Waals surface area contributed by atoms with Crippen molar-refractivity contribution in [1.29, 1.82) is 0 Å². The van der Waals surface area contributed by atoms with Crippen LogP contribution in [0.3, 0.4) is 0 Å². The highest BCUT2D eigenvalue weighted by molar-refractivity contribution is 6.59. The Balaban J connectivity index is 3.28. The molecule has 3 nitrogen and oxygen atoms in total. The third-order valence-corrected chi connectivity index (χ3v) is 1.54. The average Bonchev–Trinajstić information content (AvgIpc) is 1.96. The zero-order chi connectivity index (χ0) is 9.30. The molecule has 1 aromatic carbocycles. The van der Waals surface area contributed by atoms with Gasteiger partial charge in [0.15, 0.2) is 11.6 Å². The number of aromatic hydroxyl groups is 1. The second-order valence-corrected chi connectivity index (χ2v) is 2.64. The summed E-state index contributed by atoms with van der Waals surface area (Å²) in [6.45, 7) is 0. The van der Waals surface area contributed by atoms with Crippen LogP contribution in [0.15, 0.2) is 12.1 Å². The van der Waals surface area contributed by atoms with Gasteiger partial charge in [0.05, 0.1) is 0 Å². The van der Waals surface area contributed by atoms with E-state index in [4.69, 9.17) is 26.8 Å². The maximum absolute atomic E-state index is 12.8. The molecule has 0 aromatic heterocycles. The molecule has 0 unspecified atom stereocenters. The fourth-order valence-corrected chi connectivity index (χ4v) is 1.00. The minimum Gasteiger partial charge on any atom is -0.505 e. The molecule has 0 saturated heterocycles. The van der Waals surface area contributed by atoms with Crippen molar-refractivity contribution in [1.82, 2.24) is 0 Å². The molecule has 12 heavy (non-hydrogen) atoms. The first-order valence-corrected chi connectivity index (χ1v) is 3.44. The molecule has 0 aliphatic rings. The summed E-state index contributed by atoms with van der Waals surface area (Å²) >= 11 is 5.42. The number of hydrogen-bond acceptors (Lipinski definition) is 3. The Morgan fingerprint density at radius 1 is 1.33 bits per heavy atom. The molecule has 0 aliphatic heterocycles. The van der Waals surface area contributed by atoms with E-state index in [0.29, 0.717) is 0 Å². The Morgan fingerprint density at radius 3 is 2.42 bits per heavy atom. The third-order valence-electron chi connectivity index (χ3n) is 1.32. The molecule has 3 N–H and O–H groups in total. The van der Waals surface area contributed by atoms with Gasteiger partial charge in [-0.1, -0.05) is 11.6 Å². The van der Waals surface area contributed by atoms with Gasteiger partial charge >= 0.3 is 7.12 Å². The predicted molar refractivity (Wildman–Crippen MR) is 42.9 cm³/mol. The minimum absolute atomic E-state index is 0.0389. The fraction of sp³-hybridized carbons (Fsp3) is 0. The zero-order valence-corrected chi connectivity index (χ0v) is 6.59. The van der Waals surface area contributed by atoms with Crippen LogP contribution in [0.2, 0.25) is 5.02 Å². The average molecular weight is 190 g/mol. The first kappa shape index (κ1) is 9.31. The molecule has 0 spiro atoms. The van der Waals surface area contributed by atoms with Crippen LogP contribution < -0.4 is 5.46 Å². The summed E-state index contributed by atoms with van der Waals surface area (Å²) < 4.78 is 12.8. The highest BCUT2D eigenvalue weighted by atomic mass is 35.5. The Hall–Kier alpha value is -0.775. The van der Waals surface area contributed by atoms with Crippen LogP contribution in [0.25, 0.3) is 0 Å². The monoisotopic (exact) mass is 190 g/mol. The van der Waals surface area contributed by atoms with Crippen molar-refractivity contribution in [3.63, 3.8) is 0 Å². The largest absolute Gasteiger partial charge is 0.505 e. The van der Waals surface area contributed by atoms with Crippen LogP contribution >= 0.6 is 11.6 Å². The van der Waals surface area contributed by atoms with E-state index in [2.05, 4.69) is 0 Å². The van der Waals surface area contributed by atoms with Gasteiger partial charge in [0.25, 0.3) is 0 Å². The van der Waals surface area contributed by atoms with Crippen molar-refractivity contribution in [2.75, 3.05) is 0 Å². The quantitative estimate of drug-likeness (QED) is 0.540. The van der Waals surface area contributed by atoms with Gasteiger partial charge in [0.1, 0.15) is 0 Å². The molecule has 0 amide bonds. The first-order chi connectivity index (χ1) is 5.52. The molecule has 0 bridgehead atoms.